The summed E-state index contributed by atoms with van der Waals surface area (Å²) in [4.78, 5) is 38.6. The molecule has 1 aromatic rings. The van der Waals surface area contributed by atoms with Crippen LogP contribution in [-0.2, 0) is 14.3 Å². The van der Waals surface area contributed by atoms with Gasteiger partial charge in [-0.1, -0.05) is 12.2 Å². The summed E-state index contributed by atoms with van der Waals surface area (Å²) in [5.41, 5.74) is 0.371. The molecule has 0 unspecified atom stereocenters. The zero-order valence-corrected chi connectivity index (χ0v) is 12.1. The average molecular weight is 303 g/mol. The Morgan fingerprint density at radius 2 is 1.86 bits per heavy atom. The van der Waals surface area contributed by atoms with Crippen LogP contribution in [0.3, 0.4) is 0 Å². The van der Waals surface area contributed by atoms with Gasteiger partial charge in [-0.25, -0.2) is 9.69 Å². The van der Waals surface area contributed by atoms with Gasteiger partial charge in [-0.3, -0.25) is 9.59 Å². The Morgan fingerprint density at radius 1 is 1.24 bits per heavy atom. The van der Waals surface area contributed by atoms with E-state index >= 15 is 0 Å². The summed E-state index contributed by atoms with van der Waals surface area (Å²) < 4.78 is 4.72. The Hall–Kier alpha value is -1.95. The molecule has 1 aliphatic heterocycles. The standard InChI is InChI=1S/C15H13NO4S/c1-20-15(19)12-9(4-5-21-12)16-13(17)10-7-2-3-8(6-7)11(10)14(16)18/h2-5,7-8,10-11H,6H2,1H3/t7-,8-,10-,11-/m0/s1. The molecule has 4 atom stereocenters. The van der Waals surface area contributed by atoms with E-state index in [2.05, 4.69) is 12.2 Å². The lowest BCUT2D eigenvalue weighted by Crippen LogP contribution is -2.33. The first-order valence-corrected chi connectivity index (χ1v) is 7.73. The van der Waals surface area contributed by atoms with Gasteiger partial charge >= 0.3 is 5.97 Å². The van der Waals surface area contributed by atoms with Crippen LogP contribution in [0.25, 0.3) is 0 Å². The molecular formula is C15H13NO4S. The Morgan fingerprint density at radius 3 is 2.43 bits per heavy atom. The maximum Gasteiger partial charge on any atom is 0.350 e. The van der Waals surface area contributed by atoms with Crippen molar-refractivity contribution in [2.45, 2.75) is 6.42 Å². The van der Waals surface area contributed by atoms with E-state index in [1.807, 2.05) is 0 Å². The van der Waals surface area contributed by atoms with Gasteiger partial charge in [0, 0.05) is 0 Å². The molecule has 0 radical (unpaired) electrons. The molecule has 0 spiro atoms. The van der Waals surface area contributed by atoms with Crippen LogP contribution in [0.2, 0.25) is 0 Å². The summed E-state index contributed by atoms with van der Waals surface area (Å²) in [6.45, 7) is 0. The minimum atomic E-state index is -0.515. The van der Waals surface area contributed by atoms with Crippen molar-refractivity contribution in [3.8, 4) is 0 Å². The van der Waals surface area contributed by atoms with E-state index in [0.717, 1.165) is 6.42 Å². The number of carbonyl (C=O) groups excluding carboxylic acids is 3. The number of hydrogen-bond donors (Lipinski definition) is 0. The minimum absolute atomic E-state index is 0.168. The number of carbonyl (C=O) groups is 3. The van der Waals surface area contributed by atoms with Crippen molar-refractivity contribution in [2.75, 3.05) is 12.0 Å². The summed E-state index contributed by atoms with van der Waals surface area (Å²) in [6, 6.07) is 1.64. The Kier molecular flexibility index (Phi) is 2.60. The first-order valence-electron chi connectivity index (χ1n) is 6.85. The average Bonchev–Trinajstić information content (AvgIpc) is 3.22. The van der Waals surface area contributed by atoms with Gasteiger partial charge in [-0.05, 0) is 29.7 Å². The fraction of sp³-hybridized carbons (Fsp3) is 0.400. The summed E-state index contributed by atoms with van der Waals surface area (Å²) in [5.74, 6) is -1.03. The minimum Gasteiger partial charge on any atom is -0.465 e. The maximum absolute atomic E-state index is 12.7. The molecular weight excluding hydrogens is 290 g/mol. The molecule has 108 valence electrons. The highest BCUT2D eigenvalue weighted by molar-refractivity contribution is 7.12. The van der Waals surface area contributed by atoms with Crippen LogP contribution in [0.1, 0.15) is 16.1 Å². The molecule has 2 fully saturated rings. The molecule has 21 heavy (non-hydrogen) atoms. The van der Waals surface area contributed by atoms with Gasteiger partial charge in [-0.2, -0.15) is 0 Å². The van der Waals surface area contributed by atoms with Crippen LogP contribution in [0.15, 0.2) is 23.6 Å². The third-order valence-corrected chi connectivity index (χ3v) is 5.61. The quantitative estimate of drug-likeness (QED) is 0.475. The largest absolute Gasteiger partial charge is 0.465 e. The van der Waals surface area contributed by atoms with Gasteiger partial charge in [0.25, 0.3) is 0 Å². The van der Waals surface area contributed by atoms with Crippen molar-refractivity contribution in [2.24, 2.45) is 23.7 Å². The zero-order chi connectivity index (χ0) is 14.7. The highest BCUT2D eigenvalue weighted by atomic mass is 32.1. The smallest absolute Gasteiger partial charge is 0.350 e. The first kappa shape index (κ1) is 12.8. The molecule has 1 aromatic heterocycles. The Balaban J connectivity index is 1.75. The topological polar surface area (TPSA) is 63.7 Å². The number of nitrogens with zero attached hydrogens (tertiary/aromatic N) is 1. The third kappa shape index (κ3) is 1.53. The van der Waals surface area contributed by atoms with Crippen LogP contribution < -0.4 is 4.90 Å². The number of esters is 1. The van der Waals surface area contributed by atoms with E-state index in [-0.39, 0.29) is 35.5 Å². The summed E-state index contributed by atoms with van der Waals surface area (Å²) in [5, 5.41) is 1.70. The molecule has 3 aliphatic rings. The number of fused-ring (bicyclic) bond motifs is 5. The fourth-order valence-corrected chi connectivity index (χ4v) is 4.66. The third-order valence-electron chi connectivity index (χ3n) is 4.73. The predicted octanol–water partition coefficient (Wildman–Crippen LogP) is 1.85. The van der Waals surface area contributed by atoms with Crippen molar-refractivity contribution in [3.05, 3.63) is 28.5 Å². The van der Waals surface area contributed by atoms with E-state index in [4.69, 9.17) is 4.74 Å². The van der Waals surface area contributed by atoms with Gasteiger partial charge in [-0.15, -0.1) is 11.3 Å². The maximum atomic E-state index is 12.7. The second kappa shape index (κ2) is 4.27. The molecule has 0 N–H and O–H groups in total. The molecule has 2 heterocycles. The lowest BCUT2D eigenvalue weighted by molar-refractivity contribution is -0.123. The van der Waals surface area contributed by atoms with E-state index in [9.17, 15) is 14.4 Å². The monoisotopic (exact) mass is 303 g/mol. The number of methoxy groups -OCH3 is 1. The summed E-state index contributed by atoms with van der Waals surface area (Å²) >= 11 is 1.18. The fourth-order valence-electron chi connectivity index (χ4n) is 3.86. The zero-order valence-electron chi connectivity index (χ0n) is 11.3. The molecule has 2 bridgehead atoms. The molecule has 1 saturated heterocycles. The van der Waals surface area contributed by atoms with Crippen molar-refractivity contribution in [3.63, 3.8) is 0 Å². The second-order valence-electron chi connectivity index (χ2n) is 5.64. The van der Waals surface area contributed by atoms with Gasteiger partial charge in [0.2, 0.25) is 11.8 Å². The summed E-state index contributed by atoms with van der Waals surface area (Å²) in [7, 11) is 1.29. The molecule has 5 nitrogen and oxygen atoms in total. The van der Waals surface area contributed by atoms with Gasteiger partial charge in [0.15, 0.2) is 0 Å². The van der Waals surface area contributed by atoms with E-state index in [1.54, 1.807) is 11.4 Å². The van der Waals surface area contributed by atoms with E-state index in [1.165, 1.54) is 23.3 Å². The predicted molar refractivity (Wildman–Crippen MR) is 75.9 cm³/mol. The van der Waals surface area contributed by atoms with Gasteiger partial charge in [0.1, 0.15) is 4.88 Å². The normalized spacial score (nSPS) is 32.9. The van der Waals surface area contributed by atoms with E-state index < -0.39 is 5.97 Å². The Labute approximate surface area is 125 Å². The van der Waals surface area contributed by atoms with Crippen LogP contribution >= 0.6 is 11.3 Å². The number of hydrogen-bond acceptors (Lipinski definition) is 5. The highest BCUT2D eigenvalue weighted by Crippen LogP contribution is 2.53. The lowest BCUT2D eigenvalue weighted by Gasteiger charge is -2.17. The molecule has 2 amide bonds. The molecule has 1 saturated carbocycles. The second-order valence-corrected chi connectivity index (χ2v) is 6.55. The lowest BCUT2D eigenvalue weighted by atomic mass is 9.85. The van der Waals surface area contributed by atoms with Crippen molar-refractivity contribution >= 4 is 34.8 Å². The molecule has 4 rings (SSSR count). The highest BCUT2D eigenvalue weighted by Gasteiger charge is 2.60. The molecule has 6 heteroatoms. The number of amides is 2. The van der Waals surface area contributed by atoms with Crippen LogP contribution in [-0.4, -0.2) is 24.9 Å². The number of ether oxygens (including phenoxy) is 1. The number of thiophene rings is 1. The van der Waals surface area contributed by atoms with Crippen molar-refractivity contribution in [1.82, 2.24) is 0 Å². The van der Waals surface area contributed by atoms with Crippen LogP contribution in [0, 0.1) is 23.7 Å². The van der Waals surface area contributed by atoms with E-state index in [0.29, 0.717) is 10.6 Å². The summed E-state index contributed by atoms with van der Waals surface area (Å²) in [6.07, 6.45) is 5.00. The SMILES string of the molecule is COC(=O)c1sccc1N1C(=O)[C@@H]2[C@@H](C1=O)[C@H]1C=C[C@H]2C1. The first-order chi connectivity index (χ1) is 10.1. The van der Waals surface area contributed by atoms with Crippen LogP contribution in [0.5, 0.6) is 0 Å². The van der Waals surface area contributed by atoms with Crippen LogP contribution in [0.4, 0.5) is 5.69 Å². The molecule has 2 aliphatic carbocycles. The number of anilines is 1. The number of allylic oxidation sites excluding steroid dienone is 2. The van der Waals surface area contributed by atoms with Gasteiger partial charge in [0.05, 0.1) is 24.6 Å². The van der Waals surface area contributed by atoms with Crippen molar-refractivity contribution < 1.29 is 19.1 Å². The number of imide groups is 1. The molecule has 0 aromatic carbocycles. The van der Waals surface area contributed by atoms with Gasteiger partial charge < -0.3 is 4.74 Å². The number of rotatable bonds is 2. The van der Waals surface area contributed by atoms with Crippen molar-refractivity contribution in [1.29, 1.82) is 0 Å². The Bertz CT molecular complexity index is 662.